The second-order valence-corrected chi connectivity index (χ2v) is 2.94. The van der Waals surface area contributed by atoms with Gasteiger partial charge in [0.15, 0.2) is 6.29 Å². The highest BCUT2D eigenvalue weighted by atomic mass is 16.7. The van der Waals surface area contributed by atoms with E-state index in [0.29, 0.717) is 6.61 Å². The van der Waals surface area contributed by atoms with Crippen molar-refractivity contribution in [3.63, 3.8) is 0 Å². The first-order chi connectivity index (χ1) is 5.86. The number of hydrogen-bond acceptors (Lipinski definition) is 2. The summed E-state index contributed by atoms with van der Waals surface area (Å²) in [5, 5.41) is 0. The third kappa shape index (κ3) is 1.49. The molecule has 0 aliphatic carbocycles. The lowest BCUT2D eigenvalue weighted by Gasteiger charge is -2.07. The minimum absolute atomic E-state index is 0.0600. The summed E-state index contributed by atoms with van der Waals surface area (Å²) in [6.45, 7) is 2.59. The van der Waals surface area contributed by atoms with Gasteiger partial charge in [0.05, 0.1) is 6.61 Å². The van der Waals surface area contributed by atoms with Crippen LogP contribution in [0.3, 0.4) is 0 Å². The van der Waals surface area contributed by atoms with E-state index in [0.717, 1.165) is 0 Å². The summed E-state index contributed by atoms with van der Waals surface area (Å²) < 4.78 is 10.8. The second kappa shape index (κ2) is 3.25. The molecular formula is C10H12O2. The van der Waals surface area contributed by atoms with Crippen molar-refractivity contribution in [1.29, 1.82) is 0 Å². The summed E-state index contributed by atoms with van der Waals surface area (Å²) in [5.74, 6) is 0. The van der Waals surface area contributed by atoms with Crippen molar-refractivity contribution in [3.8, 4) is 0 Å². The van der Waals surface area contributed by atoms with Crippen molar-refractivity contribution in [2.45, 2.75) is 19.3 Å². The first-order valence-corrected chi connectivity index (χ1v) is 4.18. The SMILES string of the molecule is C[C@H]1OCC(c2ccccc2)O1. The van der Waals surface area contributed by atoms with Gasteiger partial charge in [0, 0.05) is 0 Å². The van der Waals surface area contributed by atoms with Crippen molar-refractivity contribution < 1.29 is 9.47 Å². The van der Waals surface area contributed by atoms with E-state index in [1.54, 1.807) is 0 Å². The molecule has 0 spiro atoms. The monoisotopic (exact) mass is 164 g/mol. The molecule has 2 rings (SSSR count). The zero-order valence-corrected chi connectivity index (χ0v) is 7.07. The second-order valence-electron chi connectivity index (χ2n) is 2.94. The molecule has 64 valence electrons. The Morgan fingerprint density at radius 3 is 2.58 bits per heavy atom. The summed E-state index contributed by atoms with van der Waals surface area (Å²) in [5.41, 5.74) is 1.20. The Morgan fingerprint density at radius 2 is 2.00 bits per heavy atom. The Kier molecular flexibility index (Phi) is 2.11. The highest BCUT2D eigenvalue weighted by molar-refractivity contribution is 5.18. The van der Waals surface area contributed by atoms with Crippen LogP contribution in [0.5, 0.6) is 0 Å². The molecule has 1 unspecified atom stereocenters. The van der Waals surface area contributed by atoms with E-state index in [1.165, 1.54) is 5.56 Å². The molecule has 2 atom stereocenters. The van der Waals surface area contributed by atoms with Crippen LogP contribution >= 0.6 is 0 Å². The highest BCUT2D eigenvalue weighted by Crippen LogP contribution is 2.25. The van der Waals surface area contributed by atoms with E-state index in [9.17, 15) is 0 Å². The van der Waals surface area contributed by atoms with Crippen molar-refractivity contribution in [2.24, 2.45) is 0 Å². The molecular weight excluding hydrogens is 152 g/mol. The molecule has 2 nitrogen and oxygen atoms in total. The molecule has 0 radical (unpaired) electrons. The molecule has 1 fully saturated rings. The molecule has 1 aliphatic heterocycles. The van der Waals surface area contributed by atoms with Crippen LogP contribution in [0.1, 0.15) is 18.6 Å². The van der Waals surface area contributed by atoms with Crippen LogP contribution in [0.2, 0.25) is 0 Å². The molecule has 0 saturated carbocycles. The number of hydrogen-bond donors (Lipinski definition) is 0. The molecule has 1 heterocycles. The molecule has 1 aromatic rings. The molecule has 0 bridgehead atoms. The van der Waals surface area contributed by atoms with Crippen LogP contribution in [0, 0.1) is 0 Å². The Hall–Kier alpha value is -0.860. The van der Waals surface area contributed by atoms with Gasteiger partial charge in [-0.2, -0.15) is 0 Å². The highest BCUT2D eigenvalue weighted by Gasteiger charge is 2.23. The molecule has 12 heavy (non-hydrogen) atoms. The van der Waals surface area contributed by atoms with E-state index in [2.05, 4.69) is 12.1 Å². The van der Waals surface area contributed by atoms with Gasteiger partial charge in [0.25, 0.3) is 0 Å². The quantitative estimate of drug-likeness (QED) is 0.633. The first kappa shape index (κ1) is 7.77. The summed E-state index contributed by atoms with van der Waals surface area (Å²) >= 11 is 0. The fourth-order valence-corrected chi connectivity index (χ4v) is 1.38. The molecule has 0 aromatic heterocycles. The topological polar surface area (TPSA) is 18.5 Å². The van der Waals surface area contributed by atoms with Crippen molar-refractivity contribution in [3.05, 3.63) is 35.9 Å². The fourth-order valence-electron chi connectivity index (χ4n) is 1.38. The molecule has 0 amide bonds. The maximum absolute atomic E-state index is 5.53. The Balaban J connectivity index is 2.11. The summed E-state index contributed by atoms with van der Waals surface area (Å²) in [6, 6.07) is 10.2. The number of benzene rings is 1. The van der Waals surface area contributed by atoms with Gasteiger partial charge in [-0.3, -0.25) is 0 Å². The Bertz CT molecular complexity index is 245. The van der Waals surface area contributed by atoms with E-state index < -0.39 is 0 Å². The first-order valence-electron chi connectivity index (χ1n) is 4.18. The lowest BCUT2D eigenvalue weighted by Crippen LogP contribution is -2.01. The maximum atomic E-state index is 5.53. The average Bonchev–Trinajstić information content (AvgIpc) is 2.54. The van der Waals surface area contributed by atoms with Gasteiger partial charge in [-0.15, -0.1) is 0 Å². The van der Waals surface area contributed by atoms with E-state index >= 15 is 0 Å². The van der Waals surface area contributed by atoms with Crippen LogP contribution in [-0.2, 0) is 9.47 Å². The van der Waals surface area contributed by atoms with Gasteiger partial charge in [-0.1, -0.05) is 30.3 Å². The largest absolute Gasteiger partial charge is 0.350 e. The summed E-state index contributed by atoms with van der Waals surface area (Å²) in [6.07, 6.45) is 0.0661. The van der Waals surface area contributed by atoms with Crippen molar-refractivity contribution in [2.75, 3.05) is 6.61 Å². The van der Waals surface area contributed by atoms with E-state index in [4.69, 9.17) is 9.47 Å². The van der Waals surface area contributed by atoms with E-state index in [1.807, 2.05) is 25.1 Å². The average molecular weight is 164 g/mol. The van der Waals surface area contributed by atoms with Crippen LogP contribution in [0.4, 0.5) is 0 Å². The Labute approximate surface area is 72.1 Å². The smallest absolute Gasteiger partial charge is 0.155 e. The minimum atomic E-state index is -0.0600. The van der Waals surface area contributed by atoms with Gasteiger partial charge in [0.1, 0.15) is 6.10 Å². The standard InChI is InChI=1S/C10H12O2/c1-8-11-7-10(12-8)9-5-3-2-4-6-9/h2-6,8,10H,7H2,1H3/t8-,10?/m0/s1. The lowest BCUT2D eigenvalue weighted by atomic mass is 10.1. The normalized spacial score (nSPS) is 29.1. The third-order valence-corrected chi connectivity index (χ3v) is 2.01. The third-order valence-electron chi connectivity index (χ3n) is 2.01. The van der Waals surface area contributed by atoms with Gasteiger partial charge < -0.3 is 9.47 Å². The van der Waals surface area contributed by atoms with Crippen LogP contribution in [0.15, 0.2) is 30.3 Å². The lowest BCUT2D eigenvalue weighted by molar-refractivity contribution is -0.0426. The van der Waals surface area contributed by atoms with Gasteiger partial charge >= 0.3 is 0 Å². The molecule has 1 aliphatic rings. The fraction of sp³-hybridized carbons (Fsp3) is 0.400. The predicted octanol–water partition coefficient (Wildman–Crippen LogP) is 2.12. The van der Waals surface area contributed by atoms with Gasteiger partial charge in [0.2, 0.25) is 0 Å². The van der Waals surface area contributed by atoms with Crippen molar-refractivity contribution >= 4 is 0 Å². The number of ether oxygens (including phenoxy) is 2. The number of rotatable bonds is 1. The van der Waals surface area contributed by atoms with Crippen molar-refractivity contribution in [1.82, 2.24) is 0 Å². The molecule has 1 aromatic carbocycles. The van der Waals surface area contributed by atoms with Crippen LogP contribution in [0.25, 0.3) is 0 Å². The van der Waals surface area contributed by atoms with Crippen LogP contribution in [-0.4, -0.2) is 12.9 Å². The van der Waals surface area contributed by atoms with Gasteiger partial charge in [-0.25, -0.2) is 0 Å². The van der Waals surface area contributed by atoms with Crippen LogP contribution < -0.4 is 0 Å². The summed E-state index contributed by atoms with van der Waals surface area (Å²) in [4.78, 5) is 0. The maximum Gasteiger partial charge on any atom is 0.155 e. The van der Waals surface area contributed by atoms with Gasteiger partial charge in [-0.05, 0) is 12.5 Å². The zero-order chi connectivity index (χ0) is 8.39. The van der Waals surface area contributed by atoms with E-state index in [-0.39, 0.29) is 12.4 Å². The molecule has 2 heteroatoms. The minimum Gasteiger partial charge on any atom is -0.350 e. The predicted molar refractivity (Wildman–Crippen MR) is 45.7 cm³/mol. The molecule has 0 N–H and O–H groups in total. The Morgan fingerprint density at radius 1 is 1.25 bits per heavy atom. The molecule has 1 saturated heterocycles. The summed E-state index contributed by atoms with van der Waals surface area (Å²) in [7, 11) is 0. The zero-order valence-electron chi connectivity index (χ0n) is 7.07.